The van der Waals surface area contributed by atoms with Crippen molar-refractivity contribution in [1.82, 2.24) is 4.90 Å². The fraction of sp³-hybridized carbons (Fsp3) is 0.860. The largest absolute Gasteiger partial charge is 0.511 e. The van der Waals surface area contributed by atoms with E-state index in [1.807, 2.05) is 0 Å². The molecule has 0 fully saturated rings. The molecule has 0 spiro atoms. The van der Waals surface area contributed by atoms with Crippen LogP contribution in [0.25, 0.3) is 0 Å². The van der Waals surface area contributed by atoms with Gasteiger partial charge < -0.3 is 33.3 Å². The SMILES string of the molecule is CCCCC/C=C\C/C=C\CCCCCCCC(=O)OCCCC(OC(=O)CCC(OCCCCCCCC)OCCCCCCCC)OC(=O)OCCCN(CC)CC. The van der Waals surface area contributed by atoms with Crippen molar-refractivity contribution in [2.75, 3.05) is 46.1 Å². The van der Waals surface area contributed by atoms with Crippen LogP contribution in [0.3, 0.4) is 0 Å². The Morgan fingerprint density at radius 3 is 1.57 bits per heavy atom. The summed E-state index contributed by atoms with van der Waals surface area (Å²) in [4.78, 5) is 40.4. The van der Waals surface area contributed by atoms with Crippen molar-refractivity contribution in [3.63, 3.8) is 0 Å². The summed E-state index contributed by atoms with van der Waals surface area (Å²) in [5.74, 6) is -0.750. The van der Waals surface area contributed by atoms with E-state index in [1.54, 1.807) is 0 Å². The van der Waals surface area contributed by atoms with Gasteiger partial charge >= 0.3 is 18.1 Å². The summed E-state index contributed by atoms with van der Waals surface area (Å²) in [5, 5.41) is 0. The number of carbonyl (C=O) groups excluding carboxylic acids is 3. The van der Waals surface area contributed by atoms with Crippen molar-refractivity contribution >= 4 is 18.1 Å². The number of hydrogen-bond donors (Lipinski definition) is 0. The van der Waals surface area contributed by atoms with Crippen molar-refractivity contribution < 1.29 is 42.8 Å². The molecule has 0 rings (SSSR count). The lowest BCUT2D eigenvalue weighted by Crippen LogP contribution is -2.28. The summed E-state index contributed by atoms with van der Waals surface area (Å²) in [7, 11) is 0. The van der Waals surface area contributed by atoms with Gasteiger partial charge in [0.2, 0.25) is 0 Å². The van der Waals surface area contributed by atoms with Gasteiger partial charge in [-0.25, -0.2) is 4.79 Å². The zero-order valence-electron chi connectivity index (χ0n) is 39.5. The number of hydrogen-bond acceptors (Lipinski definition) is 10. The summed E-state index contributed by atoms with van der Waals surface area (Å²) in [6.45, 7) is 15.0. The van der Waals surface area contributed by atoms with Gasteiger partial charge in [0.15, 0.2) is 6.29 Å². The Morgan fingerprint density at radius 1 is 0.450 bits per heavy atom. The second kappa shape index (κ2) is 46.1. The van der Waals surface area contributed by atoms with Crippen LogP contribution in [0.5, 0.6) is 0 Å². The summed E-state index contributed by atoms with van der Waals surface area (Å²) >= 11 is 0. The number of allylic oxidation sites excluding steroid dienone is 4. The first kappa shape index (κ1) is 57.6. The van der Waals surface area contributed by atoms with Gasteiger partial charge in [-0.3, -0.25) is 9.59 Å². The fourth-order valence-corrected chi connectivity index (χ4v) is 6.71. The second-order valence-corrected chi connectivity index (χ2v) is 16.1. The Kier molecular flexibility index (Phi) is 44.2. The third-order valence-electron chi connectivity index (χ3n) is 10.6. The highest BCUT2D eigenvalue weighted by molar-refractivity contribution is 5.70. The molecular weight excluding hydrogens is 759 g/mol. The normalized spacial score (nSPS) is 12.2. The van der Waals surface area contributed by atoms with E-state index in [1.165, 1.54) is 83.5 Å². The molecule has 1 atom stereocenters. The molecule has 1 unspecified atom stereocenters. The summed E-state index contributed by atoms with van der Waals surface area (Å²) in [5.41, 5.74) is 0. The summed E-state index contributed by atoms with van der Waals surface area (Å²) < 4.78 is 34.1. The number of esters is 2. The van der Waals surface area contributed by atoms with Crippen molar-refractivity contribution in [2.24, 2.45) is 0 Å². The van der Waals surface area contributed by atoms with Crippen molar-refractivity contribution in [3.05, 3.63) is 24.3 Å². The minimum atomic E-state index is -1.15. The fourth-order valence-electron chi connectivity index (χ4n) is 6.71. The van der Waals surface area contributed by atoms with E-state index in [-0.39, 0.29) is 32.0 Å². The van der Waals surface area contributed by atoms with Crippen LogP contribution >= 0.6 is 0 Å². The third kappa shape index (κ3) is 40.9. The highest BCUT2D eigenvalue weighted by Crippen LogP contribution is 2.15. The lowest BCUT2D eigenvalue weighted by Gasteiger charge is -2.21. The second-order valence-electron chi connectivity index (χ2n) is 16.1. The zero-order valence-corrected chi connectivity index (χ0v) is 39.5. The van der Waals surface area contributed by atoms with E-state index in [2.05, 4.69) is 63.8 Å². The molecule has 10 heteroatoms. The summed E-state index contributed by atoms with van der Waals surface area (Å²) in [6, 6.07) is 0. The Bertz CT molecular complexity index is 998. The molecule has 0 aliphatic rings. The molecule has 0 saturated carbocycles. The molecule has 10 nitrogen and oxygen atoms in total. The van der Waals surface area contributed by atoms with E-state index in [0.717, 1.165) is 83.8 Å². The topological polar surface area (TPSA) is 110 Å². The third-order valence-corrected chi connectivity index (χ3v) is 10.6. The Hall–Kier alpha value is -2.43. The predicted molar refractivity (Wildman–Crippen MR) is 246 cm³/mol. The van der Waals surface area contributed by atoms with E-state index < -0.39 is 24.7 Å². The monoisotopic (exact) mass is 852 g/mol. The van der Waals surface area contributed by atoms with Crippen LogP contribution in [0.1, 0.15) is 221 Å². The van der Waals surface area contributed by atoms with E-state index in [9.17, 15) is 14.4 Å². The van der Waals surface area contributed by atoms with Crippen LogP contribution in [-0.4, -0.2) is 81.6 Å². The summed E-state index contributed by atoms with van der Waals surface area (Å²) in [6.07, 6.45) is 34.9. The number of unbranched alkanes of at least 4 members (excludes halogenated alkanes) is 18. The molecule has 0 N–H and O–H groups in total. The molecule has 0 amide bonds. The van der Waals surface area contributed by atoms with E-state index in [4.69, 9.17) is 28.4 Å². The molecule has 352 valence electrons. The van der Waals surface area contributed by atoms with Gasteiger partial charge in [0.1, 0.15) is 0 Å². The predicted octanol–water partition coefficient (Wildman–Crippen LogP) is 13.7. The Morgan fingerprint density at radius 2 is 0.967 bits per heavy atom. The van der Waals surface area contributed by atoms with Crippen molar-refractivity contribution in [3.8, 4) is 0 Å². The highest BCUT2D eigenvalue weighted by atomic mass is 16.8. The molecule has 0 bridgehead atoms. The van der Waals surface area contributed by atoms with Crippen LogP contribution < -0.4 is 0 Å². The number of nitrogens with zero attached hydrogens (tertiary/aromatic N) is 1. The van der Waals surface area contributed by atoms with Crippen molar-refractivity contribution in [1.29, 1.82) is 0 Å². The minimum absolute atomic E-state index is 0.0545. The molecule has 0 aliphatic heterocycles. The first-order valence-corrected chi connectivity index (χ1v) is 24.8. The number of carbonyl (C=O) groups is 3. The van der Waals surface area contributed by atoms with Crippen LogP contribution in [0, 0.1) is 0 Å². The quantitative estimate of drug-likeness (QED) is 0.0193. The molecular formula is C50H93NO9. The van der Waals surface area contributed by atoms with Gasteiger partial charge in [0.25, 0.3) is 6.29 Å². The van der Waals surface area contributed by atoms with Crippen molar-refractivity contribution in [2.45, 2.75) is 233 Å². The highest BCUT2D eigenvalue weighted by Gasteiger charge is 2.22. The maximum atomic E-state index is 13.1. The maximum absolute atomic E-state index is 13.1. The first-order chi connectivity index (χ1) is 29.4. The van der Waals surface area contributed by atoms with Gasteiger partial charge in [-0.15, -0.1) is 0 Å². The van der Waals surface area contributed by atoms with E-state index in [0.29, 0.717) is 38.9 Å². The molecule has 0 radical (unpaired) electrons. The smallest absolute Gasteiger partial charge is 0.466 e. The van der Waals surface area contributed by atoms with Crippen LogP contribution in [0.2, 0.25) is 0 Å². The average molecular weight is 852 g/mol. The average Bonchev–Trinajstić information content (AvgIpc) is 3.24. The molecule has 0 heterocycles. The molecule has 0 aromatic heterocycles. The standard InChI is InChI=1S/C50H93NO9/c1-6-11-14-17-20-21-22-23-24-25-26-27-28-29-32-37-46(52)55-44-35-38-49(60-50(54)58-45-36-41-51(9-4)10-5)59-47(53)39-40-48(56-42-33-30-18-15-12-7-2)57-43-34-31-19-16-13-8-3/h20-21,23-24,48-49H,6-19,22,25-45H2,1-5H3/b21-20-,24-23-. The van der Waals surface area contributed by atoms with Crippen LogP contribution in [0.4, 0.5) is 4.79 Å². The number of ether oxygens (including phenoxy) is 6. The van der Waals surface area contributed by atoms with Gasteiger partial charge in [0, 0.05) is 39.0 Å². The van der Waals surface area contributed by atoms with Gasteiger partial charge in [-0.05, 0) is 77.3 Å². The molecule has 0 aromatic carbocycles. The van der Waals surface area contributed by atoms with Gasteiger partial charge in [-0.1, -0.05) is 155 Å². The molecule has 0 saturated heterocycles. The van der Waals surface area contributed by atoms with Gasteiger partial charge in [0.05, 0.1) is 19.6 Å². The molecule has 0 aromatic rings. The zero-order chi connectivity index (χ0) is 44.0. The number of rotatable bonds is 45. The minimum Gasteiger partial charge on any atom is -0.466 e. The van der Waals surface area contributed by atoms with Gasteiger partial charge in [-0.2, -0.15) is 0 Å². The Labute approximate surface area is 368 Å². The molecule has 0 aliphatic carbocycles. The maximum Gasteiger partial charge on any atom is 0.511 e. The first-order valence-electron chi connectivity index (χ1n) is 24.8. The lowest BCUT2D eigenvalue weighted by molar-refractivity contribution is -0.179. The van der Waals surface area contributed by atoms with Crippen LogP contribution in [0.15, 0.2) is 24.3 Å². The lowest BCUT2D eigenvalue weighted by atomic mass is 10.1. The van der Waals surface area contributed by atoms with E-state index >= 15 is 0 Å². The Balaban J connectivity index is 4.80. The molecule has 60 heavy (non-hydrogen) atoms. The van der Waals surface area contributed by atoms with Crippen LogP contribution in [-0.2, 0) is 38.0 Å².